The van der Waals surface area contributed by atoms with Gasteiger partial charge in [-0.3, -0.25) is 14.4 Å². The summed E-state index contributed by atoms with van der Waals surface area (Å²) in [5.41, 5.74) is 1.25. The molecule has 2 amide bonds. The first-order valence-corrected chi connectivity index (χ1v) is 9.06. The van der Waals surface area contributed by atoms with Crippen molar-refractivity contribution in [1.82, 2.24) is 4.98 Å². The number of primary amides is 1. The van der Waals surface area contributed by atoms with Crippen LogP contribution in [-0.2, 0) is 20.1 Å². The van der Waals surface area contributed by atoms with Crippen LogP contribution in [0.3, 0.4) is 0 Å². The summed E-state index contributed by atoms with van der Waals surface area (Å²) in [6, 6.07) is 1.17. The van der Waals surface area contributed by atoms with Crippen LogP contribution in [-0.4, -0.2) is 37.3 Å². The van der Waals surface area contributed by atoms with E-state index < -0.39 is 45.4 Å². The summed E-state index contributed by atoms with van der Waals surface area (Å²) in [6.45, 7) is 2.64. The van der Waals surface area contributed by atoms with Gasteiger partial charge < -0.3 is 5.73 Å². The number of aromatic nitrogens is 1. The molecule has 1 saturated carbocycles. The van der Waals surface area contributed by atoms with Gasteiger partial charge in [0.05, 0.1) is 0 Å². The highest BCUT2D eigenvalue weighted by molar-refractivity contribution is 8.29. The normalized spacial score (nSPS) is 18.8. The lowest BCUT2D eigenvalue weighted by molar-refractivity contribution is -0.504. The molecule has 2 heterocycles. The zero-order chi connectivity index (χ0) is 20.1. The number of hydrogen-bond acceptors (Lipinski definition) is 7. The average Bonchev–Trinajstić information content (AvgIpc) is 3.42. The van der Waals surface area contributed by atoms with Gasteiger partial charge in [0.1, 0.15) is 16.8 Å². The molecule has 10 heteroatoms. The number of rotatable bonds is 6. The fourth-order valence-electron chi connectivity index (χ4n) is 3.02. The Morgan fingerprint density at radius 1 is 1.37 bits per heavy atom. The van der Waals surface area contributed by atoms with Crippen molar-refractivity contribution in [2.45, 2.75) is 50.2 Å². The molecule has 0 unspecified atom stereocenters. The van der Waals surface area contributed by atoms with Crippen LogP contribution in [0.5, 0.6) is 0 Å². The van der Waals surface area contributed by atoms with Crippen molar-refractivity contribution in [2.75, 3.05) is 0 Å². The Morgan fingerprint density at radius 3 is 2.41 bits per heavy atom. The van der Waals surface area contributed by atoms with Crippen LogP contribution >= 0.6 is 11.8 Å². The zero-order valence-electron chi connectivity index (χ0n) is 14.7. The molecule has 1 aromatic heterocycles. The minimum atomic E-state index is -2.48. The van der Waals surface area contributed by atoms with Gasteiger partial charge in [0.15, 0.2) is 5.69 Å². The van der Waals surface area contributed by atoms with Crippen LogP contribution in [0.25, 0.3) is 0 Å². The Labute approximate surface area is 157 Å². The Kier molecular flexibility index (Phi) is 4.49. The molecule has 0 atom stereocenters. The Morgan fingerprint density at radius 2 is 1.96 bits per heavy atom. The first-order chi connectivity index (χ1) is 12.5. The summed E-state index contributed by atoms with van der Waals surface area (Å²) in [5.74, 6) is -2.22. The SMILES string of the molecule is CC(C)(F)c1cc(C(=O)[N+](=O)C2(CC(N)=O)C(=O)SC2=O)ncc1C1CC1. The molecule has 1 aliphatic heterocycles. The molecule has 27 heavy (non-hydrogen) atoms. The summed E-state index contributed by atoms with van der Waals surface area (Å²) < 4.78 is 14.3. The van der Waals surface area contributed by atoms with Crippen LogP contribution < -0.4 is 5.73 Å². The number of alkyl halides is 1. The van der Waals surface area contributed by atoms with Crippen molar-refractivity contribution in [3.05, 3.63) is 34.0 Å². The van der Waals surface area contributed by atoms with Crippen LogP contribution in [0.2, 0.25) is 0 Å². The number of nitroso groups, excluding NO2 is 1. The molecule has 0 aromatic carbocycles. The average molecular weight is 394 g/mol. The highest BCUT2D eigenvalue weighted by Gasteiger charge is 2.72. The number of nitrogens with two attached hydrogens (primary N) is 1. The number of pyridine rings is 1. The van der Waals surface area contributed by atoms with E-state index in [2.05, 4.69) is 4.98 Å². The molecular formula is C17H17FN3O5S+. The molecule has 2 aliphatic rings. The van der Waals surface area contributed by atoms with Crippen LogP contribution in [0.1, 0.15) is 60.6 Å². The van der Waals surface area contributed by atoms with Gasteiger partial charge in [-0.25, -0.2) is 14.2 Å². The standard InChI is InChI=1S/C17H16FN3O5S/c1-16(2,18)10-5-11(20-7-9(10)8-3-4-8)13(23)21(26)17(6-12(19)22)14(24)27-15(17)25/h5,7-8H,3-4,6H2,1-2H3,(H-,19,22)/p+1. The van der Waals surface area contributed by atoms with Gasteiger partial charge in [-0.1, -0.05) is 0 Å². The van der Waals surface area contributed by atoms with Gasteiger partial charge in [0.25, 0.3) is 10.2 Å². The van der Waals surface area contributed by atoms with Crippen molar-refractivity contribution in [2.24, 2.45) is 5.73 Å². The number of carbonyl (C=O) groups excluding carboxylic acids is 4. The summed E-state index contributed by atoms with van der Waals surface area (Å²) >= 11 is 0.235. The molecule has 1 aliphatic carbocycles. The van der Waals surface area contributed by atoms with Gasteiger partial charge in [0.2, 0.25) is 5.91 Å². The minimum absolute atomic E-state index is 0.155. The number of carbonyl (C=O) groups is 4. The fourth-order valence-corrected chi connectivity index (χ4v) is 3.87. The molecule has 2 N–H and O–H groups in total. The highest BCUT2D eigenvalue weighted by Crippen LogP contribution is 2.45. The van der Waals surface area contributed by atoms with Crippen molar-refractivity contribution >= 4 is 33.8 Å². The third-order valence-electron chi connectivity index (χ3n) is 4.63. The summed E-state index contributed by atoms with van der Waals surface area (Å²) in [6.07, 6.45) is 2.20. The summed E-state index contributed by atoms with van der Waals surface area (Å²) in [7, 11) is 0. The Hall–Kier alpha value is -2.49. The first-order valence-electron chi connectivity index (χ1n) is 8.24. The Balaban J connectivity index is 2.00. The summed E-state index contributed by atoms with van der Waals surface area (Å²) in [5, 5.41) is -1.87. The fraction of sp³-hybridized carbons (Fsp3) is 0.471. The second kappa shape index (κ2) is 6.29. The molecule has 8 nitrogen and oxygen atoms in total. The van der Waals surface area contributed by atoms with Crippen molar-refractivity contribution in [1.29, 1.82) is 0 Å². The first kappa shape index (κ1) is 19.3. The van der Waals surface area contributed by atoms with E-state index in [1.807, 2.05) is 0 Å². The number of thioether (sulfide) groups is 1. The van der Waals surface area contributed by atoms with Crippen LogP contribution in [0, 0.1) is 4.91 Å². The maximum absolute atomic E-state index is 14.6. The van der Waals surface area contributed by atoms with Gasteiger partial charge in [-0.2, -0.15) is 0 Å². The number of hydrogen-bond donors (Lipinski definition) is 1. The van der Waals surface area contributed by atoms with Gasteiger partial charge in [-0.05, 0) is 49.8 Å². The van der Waals surface area contributed by atoms with E-state index in [1.54, 1.807) is 0 Å². The number of halogens is 1. The van der Waals surface area contributed by atoms with Gasteiger partial charge >= 0.3 is 11.4 Å². The second-order valence-electron chi connectivity index (χ2n) is 7.18. The summed E-state index contributed by atoms with van der Waals surface area (Å²) in [4.78, 5) is 64.2. The lowest BCUT2D eigenvalue weighted by atomic mass is 9.92. The zero-order valence-corrected chi connectivity index (χ0v) is 15.5. The van der Waals surface area contributed by atoms with E-state index in [0.29, 0.717) is 5.56 Å². The topological polar surface area (TPSA) is 127 Å². The molecule has 0 bridgehead atoms. The second-order valence-corrected chi connectivity index (χ2v) is 8.13. The quantitative estimate of drug-likeness (QED) is 0.572. The van der Waals surface area contributed by atoms with Crippen LogP contribution in [0.15, 0.2) is 12.3 Å². The predicted octanol–water partition coefficient (Wildman–Crippen LogP) is 1.50. The van der Waals surface area contributed by atoms with Crippen molar-refractivity contribution in [3.63, 3.8) is 0 Å². The van der Waals surface area contributed by atoms with E-state index >= 15 is 0 Å². The molecular weight excluding hydrogens is 377 g/mol. The third kappa shape index (κ3) is 3.18. The number of amides is 2. The van der Waals surface area contributed by atoms with Crippen LogP contribution in [0.4, 0.5) is 4.39 Å². The highest BCUT2D eigenvalue weighted by atomic mass is 32.2. The lowest BCUT2D eigenvalue weighted by Gasteiger charge is -2.26. The largest absolute Gasteiger partial charge is 0.485 e. The van der Waals surface area contributed by atoms with Gasteiger partial charge in [-0.15, -0.1) is 0 Å². The van der Waals surface area contributed by atoms with E-state index in [1.165, 1.54) is 26.1 Å². The Bertz CT molecular complexity index is 890. The smallest absolute Gasteiger partial charge is 0.369 e. The van der Waals surface area contributed by atoms with Crippen molar-refractivity contribution in [3.8, 4) is 0 Å². The molecule has 2 fully saturated rings. The molecule has 3 rings (SSSR count). The maximum Gasteiger partial charge on any atom is 0.485 e. The van der Waals surface area contributed by atoms with E-state index in [0.717, 1.165) is 12.8 Å². The lowest BCUT2D eigenvalue weighted by Crippen LogP contribution is -2.63. The van der Waals surface area contributed by atoms with Gasteiger partial charge in [0, 0.05) is 22.9 Å². The van der Waals surface area contributed by atoms with Crippen molar-refractivity contribution < 1.29 is 28.3 Å². The third-order valence-corrected chi connectivity index (χ3v) is 5.68. The van der Waals surface area contributed by atoms with E-state index in [-0.39, 0.29) is 28.0 Å². The monoisotopic (exact) mass is 394 g/mol. The molecule has 1 saturated heterocycles. The minimum Gasteiger partial charge on any atom is -0.369 e. The van der Waals surface area contributed by atoms with E-state index in [4.69, 9.17) is 5.73 Å². The molecule has 0 radical (unpaired) electrons. The predicted molar refractivity (Wildman–Crippen MR) is 92.5 cm³/mol. The molecule has 142 valence electrons. The maximum atomic E-state index is 14.6. The number of nitrogens with zero attached hydrogens (tertiary/aromatic N) is 2. The molecule has 1 aromatic rings. The van der Waals surface area contributed by atoms with E-state index in [9.17, 15) is 28.5 Å². The molecule has 0 spiro atoms.